The Kier molecular flexibility index (Phi) is 5.10. The predicted molar refractivity (Wildman–Crippen MR) is 65.5 cm³/mol. The molecule has 0 spiro atoms. The van der Waals surface area contributed by atoms with E-state index in [2.05, 4.69) is 0 Å². The van der Waals surface area contributed by atoms with Crippen molar-refractivity contribution in [3.8, 4) is 17.2 Å². The summed E-state index contributed by atoms with van der Waals surface area (Å²) in [5, 5.41) is 9.66. The Bertz CT molecular complexity index is 404. The number of phenols is 1. The summed E-state index contributed by atoms with van der Waals surface area (Å²) in [6.07, 6.45) is 0.694. The van der Waals surface area contributed by atoms with Crippen LogP contribution < -0.4 is 9.47 Å². The second-order valence-electron chi connectivity index (χ2n) is 3.47. The fraction of sp³-hybridized carbons (Fsp3) is 0.417. The largest absolute Gasteiger partial charge is 0.507 e. The number of hydrogen-bond acceptors (Lipinski definition) is 4. The lowest BCUT2D eigenvalue weighted by atomic mass is 10.1. The number of ketones is 1. The van der Waals surface area contributed by atoms with Crippen molar-refractivity contribution < 1.29 is 19.4 Å². The van der Waals surface area contributed by atoms with Gasteiger partial charge in [0.15, 0.2) is 17.3 Å². The first-order valence-corrected chi connectivity index (χ1v) is 5.74. The summed E-state index contributed by atoms with van der Waals surface area (Å²) >= 11 is 5.53. The Morgan fingerprint density at radius 1 is 1.41 bits per heavy atom. The Morgan fingerprint density at radius 3 is 2.65 bits per heavy atom. The highest BCUT2D eigenvalue weighted by Crippen LogP contribution is 2.34. The van der Waals surface area contributed by atoms with Crippen LogP contribution in [0.25, 0.3) is 0 Å². The van der Waals surface area contributed by atoms with Gasteiger partial charge >= 0.3 is 0 Å². The Labute approximate surface area is 105 Å². The Morgan fingerprint density at radius 2 is 2.12 bits per heavy atom. The number of carbonyl (C=O) groups excluding carboxylic acids is 1. The van der Waals surface area contributed by atoms with Crippen LogP contribution in [-0.2, 0) is 0 Å². The molecule has 0 aliphatic carbocycles. The molecule has 1 rings (SSSR count). The van der Waals surface area contributed by atoms with E-state index in [0.29, 0.717) is 30.4 Å². The van der Waals surface area contributed by atoms with Gasteiger partial charge in [-0.05, 0) is 19.4 Å². The molecule has 0 unspecified atom stereocenters. The molecule has 0 saturated heterocycles. The zero-order valence-corrected chi connectivity index (χ0v) is 10.6. The molecule has 0 saturated carbocycles. The van der Waals surface area contributed by atoms with Crippen LogP contribution in [0.5, 0.6) is 17.2 Å². The predicted octanol–water partition coefficient (Wildman–Crippen LogP) is 2.61. The van der Waals surface area contributed by atoms with Crippen LogP contribution >= 0.6 is 11.6 Å². The van der Waals surface area contributed by atoms with Crippen molar-refractivity contribution in [3.05, 3.63) is 17.7 Å². The summed E-state index contributed by atoms with van der Waals surface area (Å²) in [4.78, 5) is 11.2. The minimum Gasteiger partial charge on any atom is -0.507 e. The van der Waals surface area contributed by atoms with E-state index in [-0.39, 0.29) is 17.1 Å². The number of halogens is 1. The standard InChI is InChI=1S/C12H15ClO4/c1-8(14)9-6-11(16-2)12(7-10(9)15)17-5-3-4-13/h6-7,15H,3-5H2,1-2H3. The third-order valence-electron chi connectivity index (χ3n) is 2.20. The zero-order valence-electron chi connectivity index (χ0n) is 9.83. The van der Waals surface area contributed by atoms with Crippen molar-refractivity contribution in [2.45, 2.75) is 13.3 Å². The summed E-state index contributed by atoms with van der Waals surface area (Å²) < 4.78 is 10.5. The molecular weight excluding hydrogens is 244 g/mol. The number of ether oxygens (including phenoxy) is 2. The lowest BCUT2D eigenvalue weighted by Gasteiger charge is -2.12. The number of Topliss-reactive ketones (excluding diaryl/α,β-unsaturated/α-hetero) is 1. The third kappa shape index (κ3) is 3.53. The Hall–Kier alpha value is -1.42. The zero-order chi connectivity index (χ0) is 12.8. The second-order valence-corrected chi connectivity index (χ2v) is 3.85. The Balaban J connectivity index is 2.97. The van der Waals surface area contributed by atoms with Crippen molar-refractivity contribution in [2.75, 3.05) is 19.6 Å². The minimum atomic E-state index is -0.229. The van der Waals surface area contributed by atoms with Gasteiger partial charge in [-0.15, -0.1) is 11.6 Å². The molecule has 17 heavy (non-hydrogen) atoms. The van der Waals surface area contributed by atoms with E-state index >= 15 is 0 Å². The highest BCUT2D eigenvalue weighted by Gasteiger charge is 2.13. The maximum Gasteiger partial charge on any atom is 0.164 e. The molecular formula is C12H15ClO4. The first-order chi connectivity index (χ1) is 8.10. The molecule has 0 aromatic heterocycles. The number of rotatable bonds is 6. The van der Waals surface area contributed by atoms with Crippen LogP contribution in [0, 0.1) is 0 Å². The van der Waals surface area contributed by atoms with Crippen molar-refractivity contribution >= 4 is 17.4 Å². The lowest BCUT2D eigenvalue weighted by Crippen LogP contribution is -2.02. The van der Waals surface area contributed by atoms with Crippen LogP contribution in [0.15, 0.2) is 12.1 Å². The smallest absolute Gasteiger partial charge is 0.164 e. The minimum absolute atomic E-state index is 0.112. The van der Waals surface area contributed by atoms with Crippen molar-refractivity contribution in [3.63, 3.8) is 0 Å². The van der Waals surface area contributed by atoms with Gasteiger partial charge in [-0.25, -0.2) is 0 Å². The van der Waals surface area contributed by atoms with Crippen LogP contribution in [-0.4, -0.2) is 30.5 Å². The molecule has 0 amide bonds. The van der Waals surface area contributed by atoms with Gasteiger partial charge in [-0.3, -0.25) is 4.79 Å². The summed E-state index contributed by atoms with van der Waals surface area (Å²) in [5.74, 6) is 0.981. The molecule has 94 valence electrons. The van der Waals surface area contributed by atoms with Gasteiger partial charge in [0.1, 0.15) is 5.75 Å². The molecule has 0 heterocycles. The molecule has 0 fully saturated rings. The summed E-state index contributed by atoms with van der Waals surface area (Å²) in [6.45, 7) is 1.81. The number of methoxy groups -OCH3 is 1. The molecule has 1 aromatic carbocycles. The van der Waals surface area contributed by atoms with Gasteiger partial charge in [-0.1, -0.05) is 0 Å². The van der Waals surface area contributed by atoms with E-state index in [0.717, 1.165) is 0 Å². The van der Waals surface area contributed by atoms with Gasteiger partial charge in [-0.2, -0.15) is 0 Å². The van der Waals surface area contributed by atoms with Gasteiger partial charge in [0.25, 0.3) is 0 Å². The fourth-order valence-electron chi connectivity index (χ4n) is 1.34. The average Bonchev–Trinajstić information content (AvgIpc) is 2.29. The first-order valence-electron chi connectivity index (χ1n) is 5.20. The highest BCUT2D eigenvalue weighted by atomic mass is 35.5. The average molecular weight is 259 g/mol. The van der Waals surface area contributed by atoms with Gasteiger partial charge in [0, 0.05) is 11.9 Å². The van der Waals surface area contributed by atoms with Gasteiger partial charge < -0.3 is 14.6 Å². The molecule has 5 heteroatoms. The van der Waals surface area contributed by atoms with Gasteiger partial charge in [0.2, 0.25) is 0 Å². The molecule has 1 aromatic rings. The second kappa shape index (κ2) is 6.35. The van der Waals surface area contributed by atoms with Crippen molar-refractivity contribution in [1.82, 2.24) is 0 Å². The van der Waals surface area contributed by atoms with Crippen LogP contribution in [0.1, 0.15) is 23.7 Å². The normalized spacial score (nSPS) is 10.1. The molecule has 1 N–H and O–H groups in total. The maximum atomic E-state index is 11.2. The monoisotopic (exact) mass is 258 g/mol. The van der Waals surface area contributed by atoms with Crippen LogP contribution in [0.2, 0.25) is 0 Å². The number of hydrogen-bond donors (Lipinski definition) is 1. The number of carbonyl (C=O) groups is 1. The molecule has 4 nitrogen and oxygen atoms in total. The quantitative estimate of drug-likeness (QED) is 0.484. The summed E-state index contributed by atoms with van der Waals surface area (Å²) in [6, 6.07) is 2.84. The van der Waals surface area contributed by atoms with E-state index in [1.54, 1.807) is 0 Å². The van der Waals surface area contributed by atoms with E-state index < -0.39 is 0 Å². The highest BCUT2D eigenvalue weighted by molar-refractivity contribution is 6.17. The molecule has 0 bridgehead atoms. The van der Waals surface area contributed by atoms with E-state index in [9.17, 15) is 9.90 Å². The maximum absolute atomic E-state index is 11.2. The molecule has 0 aliphatic heterocycles. The van der Waals surface area contributed by atoms with E-state index in [1.165, 1.54) is 26.2 Å². The van der Waals surface area contributed by atoms with Crippen molar-refractivity contribution in [1.29, 1.82) is 0 Å². The number of aromatic hydroxyl groups is 1. The molecule has 0 aliphatic rings. The van der Waals surface area contributed by atoms with Crippen molar-refractivity contribution in [2.24, 2.45) is 0 Å². The summed E-state index contributed by atoms with van der Waals surface area (Å²) in [7, 11) is 1.48. The lowest BCUT2D eigenvalue weighted by molar-refractivity contribution is 0.101. The molecule has 0 radical (unpaired) electrons. The molecule has 0 atom stereocenters. The number of alkyl halides is 1. The van der Waals surface area contributed by atoms with E-state index in [4.69, 9.17) is 21.1 Å². The summed E-state index contributed by atoms with van der Waals surface area (Å²) in [5.41, 5.74) is 0.214. The SMILES string of the molecule is COc1cc(C(C)=O)c(O)cc1OCCCCl. The topological polar surface area (TPSA) is 55.8 Å². The fourth-order valence-corrected chi connectivity index (χ4v) is 1.45. The number of benzene rings is 1. The number of phenolic OH excluding ortho intramolecular Hbond substituents is 1. The van der Waals surface area contributed by atoms with Crippen LogP contribution in [0.4, 0.5) is 0 Å². The first kappa shape index (κ1) is 13.6. The van der Waals surface area contributed by atoms with Crippen LogP contribution in [0.3, 0.4) is 0 Å². The van der Waals surface area contributed by atoms with Gasteiger partial charge in [0.05, 0.1) is 19.3 Å². The van der Waals surface area contributed by atoms with E-state index in [1.807, 2.05) is 0 Å². The third-order valence-corrected chi connectivity index (χ3v) is 2.46.